The zero-order valence-electron chi connectivity index (χ0n) is 10.2. The Morgan fingerprint density at radius 2 is 2.17 bits per heavy atom. The first kappa shape index (κ1) is 14.8. The van der Waals surface area contributed by atoms with Gasteiger partial charge in [0.1, 0.15) is 5.75 Å². The monoisotopic (exact) mass is 268 g/mol. The van der Waals surface area contributed by atoms with Crippen molar-refractivity contribution in [1.29, 1.82) is 0 Å². The molecule has 1 aromatic rings. The molecular weight excluding hydrogens is 252 g/mol. The first-order valence-electron chi connectivity index (χ1n) is 5.52. The molecule has 1 N–H and O–H groups in total. The molecule has 98 valence electrons. The molecule has 1 unspecified atom stereocenters. The summed E-state index contributed by atoms with van der Waals surface area (Å²) in [6.45, 7) is -0.109. The van der Waals surface area contributed by atoms with E-state index in [4.69, 9.17) is 26.8 Å². The van der Waals surface area contributed by atoms with E-state index in [1.165, 1.54) is 12.5 Å². The molecule has 0 aliphatic carbocycles. The summed E-state index contributed by atoms with van der Waals surface area (Å²) in [6, 6.07) is 7.10. The van der Waals surface area contributed by atoms with Crippen LogP contribution >= 0.6 is 12.2 Å². The summed E-state index contributed by atoms with van der Waals surface area (Å²) in [5, 5.41) is 10.3. The smallest absolute Gasteiger partial charge is 0.156 e. The van der Waals surface area contributed by atoms with Crippen molar-refractivity contribution in [2.75, 3.05) is 20.3 Å². The van der Waals surface area contributed by atoms with Crippen molar-refractivity contribution < 1.29 is 19.4 Å². The van der Waals surface area contributed by atoms with Crippen LogP contribution in [0.3, 0.4) is 0 Å². The number of carbonyl (C=O) groups is 1. The summed E-state index contributed by atoms with van der Waals surface area (Å²) in [5.41, 5.74) is -0.589. The molecule has 0 aromatic heterocycles. The fourth-order valence-electron chi connectivity index (χ4n) is 1.74. The van der Waals surface area contributed by atoms with Gasteiger partial charge >= 0.3 is 0 Å². The molecule has 5 heteroatoms. The van der Waals surface area contributed by atoms with Crippen molar-refractivity contribution in [3.05, 3.63) is 29.8 Å². The molecule has 1 aromatic carbocycles. The third-order valence-electron chi connectivity index (χ3n) is 2.59. The normalized spacial score (nSPS) is 13.7. The van der Waals surface area contributed by atoms with Gasteiger partial charge in [0.15, 0.2) is 11.9 Å². The number of thiocarbonyl (C=S) groups is 1. The molecule has 0 spiro atoms. The molecule has 0 radical (unpaired) electrons. The van der Waals surface area contributed by atoms with Gasteiger partial charge in [-0.2, -0.15) is 0 Å². The molecular formula is C13H16O4S. The molecule has 0 heterocycles. The lowest BCUT2D eigenvalue weighted by Crippen LogP contribution is -2.33. The minimum Gasteiger partial charge on any atom is -0.496 e. The Hall–Kier alpha value is -1.30. The maximum Gasteiger partial charge on any atom is 0.156 e. The molecule has 0 aliphatic rings. The highest BCUT2D eigenvalue weighted by Gasteiger charge is 2.34. The second kappa shape index (κ2) is 7.20. The average Bonchev–Trinajstić information content (AvgIpc) is 2.43. The molecule has 0 bridgehead atoms. The van der Waals surface area contributed by atoms with E-state index >= 15 is 0 Å². The number of hydrogen-bond donors (Lipinski definition) is 1. The molecule has 1 rings (SSSR count). The topological polar surface area (TPSA) is 55.8 Å². The lowest BCUT2D eigenvalue weighted by molar-refractivity contribution is -0.133. The largest absolute Gasteiger partial charge is 0.496 e. The number of aldehydes is 1. The van der Waals surface area contributed by atoms with Crippen LogP contribution in [0.2, 0.25) is 0 Å². The van der Waals surface area contributed by atoms with Gasteiger partial charge < -0.3 is 14.6 Å². The minimum absolute atomic E-state index is 0.0555. The van der Waals surface area contributed by atoms with Crippen LogP contribution in [0.5, 0.6) is 5.75 Å². The van der Waals surface area contributed by atoms with Gasteiger partial charge in [-0.1, -0.05) is 30.4 Å². The lowest BCUT2D eigenvalue weighted by atomic mass is 9.91. The summed E-state index contributed by atoms with van der Waals surface area (Å²) in [4.78, 5) is 11.5. The predicted molar refractivity (Wildman–Crippen MR) is 72.0 cm³/mol. The van der Waals surface area contributed by atoms with Crippen LogP contribution in [0.25, 0.3) is 0 Å². The first-order chi connectivity index (χ1) is 8.74. The van der Waals surface area contributed by atoms with Gasteiger partial charge in [0.25, 0.3) is 0 Å². The Bertz CT molecular complexity index is 408. The van der Waals surface area contributed by atoms with E-state index in [0.29, 0.717) is 17.6 Å². The summed E-state index contributed by atoms with van der Waals surface area (Å²) >= 11 is 4.83. The quantitative estimate of drug-likeness (QED) is 0.572. The Morgan fingerprint density at radius 3 is 2.72 bits per heavy atom. The third kappa shape index (κ3) is 3.13. The van der Waals surface area contributed by atoms with E-state index in [-0.39, 0.29) is 19.6 Å². The van der Waals surface area contributed by atoms with Gasteiger partial charge in [0.2, 0.25) is 0 Å². The van der Waals surface area contributed by atoms with Crippen molar-refractivity contribution in [1.82, 2.24) is 0 Å². The van der Waals surface area contributed by atoms with Crippen molar-refractivity contribution >= 4 is 23.9 Å². The highest BCUT2D eigenvalue weighted by Crippen LogP contribution is 2.33. The molecule has 0 fully saturated rings. The molecule has 0 amide bonds. The number of ether oxygens (including phenoxy) is 2. The molecule has 4 nitrogen and oxygen atoms in total. The van der Waals surface area contributed by atoms with E-state index in [9.17, 15) is 4.79 Å². The van der Waals surface area contributed by atoms with Gasteiger partial charge in [-0.05, 0) is 11.4 Å². The maximum atomic E-state index is 11.5. The number of aliphatic hydroxyl groups excluding tert-OH is 1. The number of para-hydroxylation sites is 1. The van der Waals surface area contributed by atoms with Crippen molar-refractivity contribution in [3.63, 3.8) is 0 Å². The summed E-state index contributed by atoms with van der Waals surface area (Å²) in [5.74, 6) is 0.555. The lowest BCUT2D eigenvalue weighted by Gasteiger charge is -2.28. The van der Waals surface area contributed by atoms with E-state index in [0.717, 1.165) is 0 Å². The van der Waals surface area contributed by atoms with E-state index in [1.54, 1.807) is 24.3 Å². The SMILES string of the molecule is COc1ccccc1C(C=O)(CC=S)OCCO. The minimum atomic E-state index is -1.20. The van der Waals surface area contributed by atoms with Gasteiger partial charge in [-0.25, -0.2) is 0 Å². The van der Waals surface area contributed by atoms with Crippen LogP contribution in [0.15, 0.2) is 24.3 Å². The standard InChI is InChI=1S/C13H16O4S/c1-16-12-5-3-2-4-11(12)13(10-15,6-9-18)17-8-7-14/h2-5,9-10,14H,6-8H2,1H3. The number of aliphatic hydroxyl groups is 1. The molecule has 0 saturated heterocycles. The highest BCUT2D eigenvalue weighted by molar-refractivity contribution is 7.78. The number of methoxy groups -OCH3 is 1. The van der Waals surface area contributed by atoms with Crippen LogP contribution in [-0.2, 0) is 15.1 Å². The van der Waals surface area contributed by atoms with Gasteiger partial charge in [-0.15, -0.1) is 0 Å². The first-order valence-corrected chi connectivity index (χ1v) is 5.99. The zero-order chi connectivity index (χ0) is 13.4. The van der Waals surface area contributed by atoms with Crippen LogP contribution in [0.4, 0.5) is 0 Å². The van der Waals surface area contributed by atoms with Crippen LogP contribution < -0.4 is 4.74 Å². The molecule has 0 saturated carbocycles. The Balaban J connectivity index is 3.22. The summed E-state index contributed by atoms with van der Waals surface area (Å²) < 4.78 is 10.7. The van der Waals surface area contributed by atoms with Crippen molar-refractivity contribution in [2.45, 2.75) is 12.0 Å². The fraction of sp³-hybridized carbons (Fsp3) is 0.385. The van der Waals surface area contributed by atoms with E-state index in [1.807, 2.05) is 0 Å². The van der Waals surface area contributed by atoms with E-state index < -0.39 is 5.60 Å². The van der Waals surface area contributed by atoms with Crippen LogP contribution in [0, 0.1) is 0 Å². The predicted octanol–water partition coefficient (Wildman–Crippen LogP) is 1.49. The molecule has 1 atom stereocenters. The summed E-state index contributed by atoms with van der Waals surface area (Å²) in [7, 11) is 1.53. The maximum absolute atomic E-state index is 11.5. The molecule has 0 aliphatic heterocycles. The summed E-state index contributed by atoms with van der Waals surface area (Å²) in [6.07, 6.45) is 0.940. The highest BCUT2D eigenvalue weighted by atomic mass is 32.1. The van der Waals surface area contributed by atoms with Gasteiger partial charge in [0, 0.05) is 12.0 Å². The Labute approximate surface area is 112 Å². The van der Waals surface area contributed by atoms with E-state index in [2.05, 4.69) is 0 Å². The molecule has 18 heavy (non-hydrogen) atoms. The number of carbonyl (C=O) groups excluding carboxylic acids is 1. The van der Waals surface area contributed by atoms with Crippen LogP contribution in [-0.4, -0.2) is 37.1 Å². The Kier molecular flexibility index (Phi) is 5.91. The van der Waals surface area contributed by atoms with Gasteiger partial charge in [-0.3, -0.25) is 4.79 Å². The number of hydrogen-bond acceptors (Lipinski definition) is 5. The number of benzene rings is 1. The second-order valence-corrected chi connectivity index (χ2v) is 3.98. The fourth-order valence-corrected chi connectivity index (χ4v) is 1.99. The van der Waals surface area contributed by atoms with Crippen molar-refractivity contribution in [3.8, 4) is 5.75 Å². The third-order valence-corrected chi connectivity index (χ3v) is 2.76. The second-order valence-electron chi connectivity index (χ2n) is 3.65. The van der Waals surface area contributed by atoms with Crippen LogP contribution in [0.1, 0.15) is 12.0 Å². The number of rotatable bonds is 8. The van der Waals surface area contributed by atoms with Crippen molar-refractivity contribution in [2.24, 2.45) is 0 Å². The zero-order valence-corrected chi connectivity index (χ0v) is 11.0. The van der Waals surface area contributed by atoms with Gasteiger partial charge in [0.05, 0.1) is 20.3 Å². The Morgan fingerprint density at radius 1 is 1.44 bits per heavy atom. The average molecular weight is 268 g/mol.